The van der Waals surface area contributed by atoms with Gasteiger partial charge in [0.15, 0.2) is 5.78 Å². The van der Waals surface area contributed by atoms with E-state index in [1.807, 2.05) is 12.1 Å². The lowest BCUT2D eigenvalue weighted by Crippen LogP contribution is -2.44. The van der Waals surface area contributed by atoms with Gasteiger partial charge in [-0.2, -0.15) is 0 Å². The first kappa shape index (κ1) is 16.2. The van der Waals surface area contributed by atoms with Gasteiger partial charge in [-0.15, -0.1) is 0 Å². The third kappa shape index (κ3) is 3.94. The van der Waals surface area contributed by atoms with Crippen LogP contribution < -0.4 is 0 Å². The number of carbonyl (C=O) groups excluding carboxylic acids is 1. The second-order valence-electron chi connectivity index (χ2n) is 6.61. The lowest BCUT2D eigenvalue weighted by molar-refractivity contribution is 0.0766. The number of likely N-dealkylation sites (tertiary alicyclic amines) is 1. The van der Waals surface area contributed by atoms with Crippen LogP contribution >= 0.6 is 0 Å². The molecule has 0 radical (unpaired) electrons. The van der Waals surface area contributed by atoms with E-state index in [0.717, 1.165) is 24.6 Å². The standard InChI is InChI=1S/C19H29NO/c1-5-6-17-9-11-20(12-10-17)16(4)19(21)18-8-7-14(2)15(3)13-18/h7-8,13,16-17H,5-6,9-12H2,1-4H3. The monoisotopic (exact) mass is 287 g/mol. The van der Waals surface area contributed by atoms with E-state index in [0.29, 0.717) is 0 Å². The molecule has 1 aliphatic heterocycles. The Hall–Kier alpha value is -1.15. The number of piperidine rings is 1. The molecule has 2 rings (SSSR count). The molecule has 0 amide bonds. The molecule has 116 valence electrons. The number of hydrogen-bond acceptors (Lipinski definition) is 2. The summed E-state index contributed by atoms with van der Waals surface area (Å²) in [5.74, 6) is 1.14. The van der Waals surface area contributed by atoms with Crippen LogP contribution in [0.2, 0.25) is 0 Å². The molecule has 21 heavy (non-hydrogen) atoms. The van der Waals surface area contributed by atoms with Gasteiger partial charge >= 0.3 is 0 Å². The largest absolute Gasteiger partial charge is 0.293 e. The molecular formula is C19H29NO. The summed E-state index contributed by atoms with van der Waals surface area (Å²) in [5, 5.41) is 0. The van der Waals surface area contributed by atoms with Gasteiger partial charge in [0.1, 0.15) is 0 Å². The molecule has 1 saturated heterocycles. The van der Waals surface area contributed by atoms with E-state index < -0.39 is 0 Å². The summed E-state index contributed by atoms with van der Waals surface area (Å²) in [7, 11) is 0. The highest BCUT2D eigenvalue weighted by molar-refractivity contribution is 6.00. The number of ketones is 1. The van der Waals surface area contributed by atoms with Crippen molar-refractivity contribution < 1.29 is 4.79 Å². The van der Waals surface area contributed by atoms with E-state index >= 15 is 0 Å². The van der Waals surface area contributed by atoms with Gasteiger partial charge in [0, 0.05) is 5.56 Å². The SMILES string of the molecule is CCCC1CCN(C(C)C(=O)c2ccc(C)c(C)c2)CC1. The molecule has 0 aliphatic carbocycles. The normalized spacial score (nSPS) is 18.7. The lowest BCUT2D eigenvalue weighted by atomic mass is 9.91. The molecule has 0 saturated carbocycles. The van der Waals surface area contributed by atoms with Gasteiger partial charge in [-0.3, -0.25) is 9.69 Å². The Bertz CT molecular complexity index is 486. The van der Waals surface area contributed by atoms with Crippen LogP contribution in [0.1, 0.15) is 61.0 Å². The Labute approximate surface area is 129 Å². The molecule has 2 heteroatoms. The molecule has 1 aliphatic rings. The Kier molecular flexibility index (Phi) is 5.58. The van der Waals surface area contributed by atoms with Crippen LogP contribution in [0.15, 0.2) is 18.2 Å². The zero-order valence-corrected chi connectivity index (χ0v) is 14.0. The first-order valence-corrected chi connectivity index (χ1v) is 8.38. The highest BCUT2D eigenvalue weighted by atomic mass is 16.1. The molecule has 1 aromatic carbocycles. The lowest BCUT2D eigenvalue weighted by Gasteiger charge is -2.35. The van der Waals surface area contributed by atoms with Crippen LogP contribution in [-0.4, -0.2) is 29.8 Å². The summed E-state index contributed by atoms with van der Waals surface area (Å²) in [6.07, 6.45) is 5.12. The maximum atomic E-state index is 12.7. The number of Topliss-reactive ketones (excluding diaryl/α,β-unsaturated/α-hetero) is 1. The molecule has 0 bridgehead atoms. The van der Waals surface area contributed by atoms with Crippen molar-refractivity contribution in [1.29, 1.82) is 0 Å². The van der Waals surface area contributed by atoms with Crippen molar-refractivity contribution in [3.63, 3.8) is 0 Å². The Morgan fingerprint density at radius 3 is 2.48 bits per heavy atom. The average Bonchev–Trinajstić information content (AvgIpc) is 2.50. The van der Waals surface area contributed by atoms with E-state index in [1.54, 1.807) is 0 Å². The van der Waals surface area contributed by atoms with E-state index in [-0.39, 0.29) is 11.8 Å². The van der Waals surface area contributed by atoms with Crippen molar-refractivity contribution in [2.45, 2.75) is 59.4 Å². The van der Waals surface area contributed by atoms with Crippen molar-refractivity contribution in [3.8, 4) is 0 Å². The van der Waals surface area contributed by atoms with Crippen molar-refractivity contribution in [2.75, 3.05) is 13.1 Å². The summed E-state index contributed by atoms with van der Waals surface area (Å²) in [6.45, 7) is 10.6. The predicted octanol–water partition coefficient (Wildman–Crippen LogP) is 4.39. The summed E-state index contributed by atoms with van der Waals surface area (Å²) < 4.78 is 0. The van der Waals surface area contributed by atoms with Crippen molar-refractivity contribution >= 4 is 5.78 Å². The highest BCUT2D eigenvalue weighted by Crippen LogP contribution is 2.24. The van der Waals surface area contributed by atoms with Crippen molar-refractivity contribution in [2.24, 2.45) is 5.92 Å². The van der Waals surface area contributed by atoms with E-state index in [1.165, 1.54) is 36.8 Å². The zero-order chi connectivity index (χ0) is 15.4. The van der Waals surface area contributed by atoms with E-state index in [2.05, 4.69) is 38.7 Å². The predicted molar refractivity (Wildman–Crippen MR) is 88.9 cm³/mol. The molecule has 1 aromatic rings. The fourth-order valence-electron chi connectivity index (χ4n) is 3.34. The molecule has 1 atom stereocenters. The van der Waals surface area contributed by atoms with Crippen molar-refractivity contribution in [3.05, 3.63) is 34.9 Å². The first-order valence-electron chi connectivity index (χ1n) is 8.38. The minimum Gasteiger partial charge on any atom is -0.293 e. The van der Waals surface area contributed by atoms with Crippen LogP contribution in [0.3, 0.4) is 0 Å². The van der Waals surface area contributed by atoms with E-state index in [4.69, 9.17) is 0 Å². The van der Waals surface area contributed by atoms with Crippen LogP contribution in [-0.2, 0) is 0 Å². The van der Waals surface area contributed by atoms with Crippen molar-refractivity contribution in [1.82, 2.24) is 4.90 Å². The minimum absolute atomic E-state index is 0.00897. The minimum atomic E-state index is 0.00897. The third-order valence-corrected chi connectivity index (χ3v) is 5.06. The summed E-state index contributed by atoms with van der Waals surface area (Å²) in [4.78, 5) is 15.0. The van der Waals surface area contributed by atoms with E-state index in [9.17, 15) is 4.79 Å². The summed E-state index contributed by atoms with van der Waals surface area (Å²) >= 11 is 0. The quantitative estimate of drug-likeness (QED) is 0.749. The molecule has 2 nitrogen and oxygen atoms in total. The molecule has 1 fully saturated rings. The van der Waals surface area contributed by atoms with Gasteiger partial charge in [-0.05, 0) is 69.8 Å². The maximum absolute atomic E-state index is 12.7. The zero-order valence-electron chi connectivity index (χ0n) is 14.0. The molecular weight excluding hydrogens is 258 g/mol. The second-order valence-corrected chi connectivity index (χ2v) is 6.61. The fourth-order valence-corrected chi connectivity index (χ4v) is 3.34. The Morgan fingerprint density at radius 2 is 1.90 bits per heavy atom. The molecule has 1 heterocycles. The molecule has 0 N–H and O–H groups in total. The number of rotatable bonds is 5. The van der Waals surface area contributed by atoms with Crippen LogP contribution in [0.25, 0.3) is 0 Å². The molecule has 0 spiro atoms. The van der Waals surface area contributed by atoms with Gasteiger partial charge in [0.25, 0.3) is 0 Å². The first-order chi connectivity index (χ1) is 10.0. The van der Waals surface area contributed by atoms with Crippen LogP contribution in [0, 0.1) is 19.8 Å². The average molecular weight is 287 g/mol. The number of aryl methyl sites for hydroxylation is 2. The number of hydrogen-bond donors (Lipinski definition) is 0. The molecule has 1 unspecified atom stereocenters. The fraction of sp³-hybridized carbons (Fsp3) is 0.632. The van der Waals surface area contributed by atoms with Gasteiger partial charge in [-0.1, -0.05) is 31.9 Å². The summed E-state index contributed by atoms with van der Waals surface area (Å²) in [6, 6.07) is 6.08. The van der Waals surface area contributed by atoms with Gasteiger partial charge < -0.3 is 0 Å². The second kappa shape index (κ2) is 7.22. The smallest absolute Gasteiger partial charge is 0.179 e. The number of carbonyl (C=O) groups is 1. The number of benzene rings is 1. The van der Waals surface area contributed by atoms with Gasteiger partial charge in [0.05, 0.1) is 6.04 Å². The van der Waals surface area contributed by atoms with Gasteiger partial charge in [0.2, 0.25) is 0 Å². The third-order valence-electron chi connectivity index (χ3n) is 5.06. The highest BCUT2D eigenvalue weighted by Gasteiger charge is 2.26. The molecule has 0 aromatic heterocycles. The summed E-state index contributed by atoms with van der Waals surface area (Å²) in [5.41, 5.74) is 3.32. The number of nitrogens with zero attached hydrogens (tertiary/aromatic N) is 1. The Morgan fingerprint density at radius 1 is 1.24 bits per heavy atom. The van der Waals surface area contributed by atoms with Crippen LogP contribution in [0.5, 0.6) is 0 Å². The maximum Gasteiger partial charge on any atom is 0.179 e. The Balaban J connectivity index is 1.98. The van der Waals surface area contributed by atoms with Gasteiger partial charge in [-0.25, -0.2) is 0 Å². The topological polar surface area (TPSA) is 20.3 Å². The van der Waals surface area contributed by atoms with Crippen LogP contribution in [0.4, 0.5) is 0 Å².